The minimum Gasteiger partial charge on any atom is -0.117 e. The summed E-state index contributed by atoms with van der Waals surface area (Å²) in [4.78, 5) is 0. The Morgan fingerprint density at radius 3 is 2.14 bits per heavy atom. The first-order valence-electron chi connectivity index (χ1n) is 5.03. The molecule has 0 heterocycles. The summed E-state index contributed by atoms with van der Waals surface area (Å²) in [6.45, 7) is 10.7. The van der Waals surface area contributed by atoms with Crippen LogP contribution in [0.5, 0.6) is 0 Å². The van der Waals surface area contributed by atoms with Crippen LogP contribution in [0.4, 0.5) is 0 Å². The second-order valence-electron chi connectivity index (χ2n) is 5.09. The molecule has 78 valence electrons. The summed E-state index contributed by atoms with van der Waals surface area (Å²) in [6.07, 6.45) is 0. The molecular formula is C13H19Cl. The van der Waals surface area contributed by atoms with Crippen molar-refractivity contribution in [1.29, 1.82) is 0 Å². The zero-order chi connectivity index (χ0) is 10.9. The van der Waals surface area contributed by atoms with Gasteiger partial charge in [-0.1, -0.05) is 44.5 Å². The molecule has 1 rings (SSSR count). The average Bonchev–Trinajstić information content (AvgIpc) is 2.01. The Hall–Kier alpha value is -0.490. The van der Waals surface area contributed by atoms with Crippen LogP contribution in [-0.4, -0.2) is 0 Å². The maximum absolute atomic E-state index is 6.44. The van der Waals surface area contributed by atoms with Gasteiger partial charge in [-0.25, -0.2) is 0 Å². The average molecular weight is 211 g/mol. The van der Waals surface area contributed by atoms with E-state index in [4.69, 9.17) is 11.6 Å². The van der Waals surface area contributed by atoms with E-state index in [1.54, 1.807) is 0 Å². The SMILES string of the molecule is Cc1ccc(C(Cl)C(C)(C)C)c(C)c1. The molecule has 14 heavy (non-hydrogen) atoms. The fourth-order valence-corrected chi connectivity index (χ4v) is 1.82. The van der Waals surface area contributed by atoms with E-state index in [1.165, 1.54) is 16.7 Å². The van der Waals surface area contributed by atoms with Gasteiger partial charge in [-0.2, -0.15) is 0 Å². The Morgan fingerprint density at radius 2 is 1.71 bits per heavy atom. The molecule has 0 bridgehead atoms. The topological polar surface area (TPSA) is 0 Å². The maximum atomic E-state index is 6.44. The third kappa shape index (κ3) is 2.51. The molecule has 0 aliphatic rings. The predicted molar refractivity (Wildman–Crippen MR) is 64.0 cm³/mol. The molecule has 0 saturated heterocycles. The van der Waals surface area contributed by atoms with Gasteiger partial charge in [0.15, 0.2) is 0 Å². The molecule has 0 aliphatic heterocycles. The third-order valence-corrected chi connectivity index (χ3v) is 3.35. The minimum atomic E-state index is 0.0862. The van der Waals surface area contributed by atoms with Crippen LogP contribution in [0.1, 0.15) is 42.8 Å². The van der Waals surface area contributed by atoms with Gasteiger partial charge in [0, 0.05) is 0 Å². The fraction of sp³-hybridized carbons (Fsp3) is 0.538. The second kappa shape index (κ2) is 3.94. The summed E-state index contributed by atoms with van der Waals surface area (Å²) >= 11 is 6.44. The molecule has 0 spiro atoms. The molecule has 0 fully saturated rings. The van der Waals surface area contributed by atoms with E-state index >= 15 is 0 Å². The molecule has 0 aromatic heterocycles. The van der Waals surface area contributed by atoms with Crippen LogP contribution in [-0.2, 0) is 0 Å². The van der Waals surface area contributed by atoms with E-state index in [0.29, 0.717) is 0 Å². The van der Waals surface area contributed by atoms with Gasteiger partial charge in [0.05, 0.1) is 5.38 Å². The Bertz CT molecular complexity index is 320. The van der Waals surface area contributed by atoms with E-state index in [-0.39, 0.29) is 10.8 Å². The molecule has 0 saturated carbocycles. The Balaban J connectivity index is 3.08. The van der Waals surface area contributed by atoms with Gasteiger partial charge in [0.1, 0.15) is 0 Å². The number of alkyl halides is 1. The van der Waals surface area contributed by atoms with Crippen LogP contribution in [0, 0.1) is 19.3 Å². The Kier molecular flexibility index (Phi) is 3.26. The lowest BCUT2D eigenvalue weighted by molar-refractivity contribution is 0.395. The summed E-state index contributed by atoms with van der Waals surface area (Å²) in [6, 6.07) is 6.47. The molecule has 1 unspecified atom stereocenters. The number of rotatable bonds is 1. The van der Waals surface area contributed by atoms with Crippen molar-refractivity contribution < 1.29 is 0 Å². The van der Waals surface area contributed by atoms with Crippen molar-refractivity contribution in [2.45, 2.75) is 40.0 Å². The van der Waals surface area contributed by atoms with Gasteiger partial charge in [0.2, 0.25) is 0 Å². The van der Waals surface area contributed by atoms with Gasteiger partial charge in [-0.15, -0.1) is 11.6 Å². The van der Waals surface area contributed by atoms with Crippen molar-refractivity contribution in [3.63, 3.8) is 0 Å². The highest BCUT2D eigenvalue weighted by Crippen LogP contribution is 2.39. The van der Waals surface area contributed by atoms with Crippen LogP contribution in [0.3, 0.4) is 0 Å². The quantitative estimate of drug-likeness (QED) is 0.593. The normalized spacial score (nSPS) is 14.1. The highest BCUT2D eigenvalue weighted by atomic mass is 35.5. The van der Waals surface area contributed by atoms with Gasteiger partial charge in [-0.05, 0) is 30.4 Å². The van der Waals surface area contributed by atoms with E-state index in [9.17, 15) is 0 Å². The van der Waals surface area contributed by atoms with Gasteiger partial charge in [0.25, 0.3) is 0 Å². The molecule has 1 aromatic carbocycles. The summed E-state index contributed by atoms with van der Waals surface area (Å²) < 4.78 is 0. The van der Waals surface area contributed by atoms with E-state index in [0.717, 1.165) is 0 Å². The fourth-order valence-electron chi connectivity index (χ4n) is 1.58. The van der Waals surface area contributed by atoms with Crippen molar-refractivity contribution >= 4 is 11.6 Å². The summed E-state index contributed by atoms with van der Waals surface area (Å²) in [5, 5.41) is 0.0862. The number of halogens is 1. The molecule has 1 heteroatoms. The van der Waals surface area contributed by atoms with Crippen molar-refractivity contribution in [2.24, 2.45) is 5.41 Å². The molecule has 0 N–H and O–H groups in total. The summed E-state index contributed by atoms with van der Waals surface area (Å²) in [5.41, 5.74) is 3.95. The third-order valence-electron chi connectivity index (χ3n) is 2.46. The lowest BCUT2D eigenvalue weighted by Gasteiger charge is -2.26. The molecule has 1 atom stereocenters. The first-order valence-corrected chi connectivity index (χ1v) is 5.47. The van der Waals surface area contributed by atoms with Crippen molar-refractivity contribution in [3.8, 4) is 0 Å². The van der Waals surface area contributed by atoms with Crippen LogP contribution < -0.4 is 0 Å². The largest absolute Gasteiger partial charge is 0.117 e. The lowest BCUT2D eigenvalue weighted by atomic mass is 9.85. The molecule has 0 amide bonds. The standard InChI is InChI=1S/C13H19Cl/c1-9-6-7-11(10(2)8-9)12(14)13(3,4)5/h6-8,12H,1-5H3. The summed E-state index contributed by atoms with van der Waals surface area (Å²) in [5.74, 6) is 0. The van der Waals surface area contributed by atoms with E-state index in [1.807, 2.05) is 0 Å². The molecule has 0 radical (unpaired) electrons. The highest BCUT2D eigenvalue weighted by molar-refractivity contribution is 6.21. The van der Waals surface area contributed by atoms with Crippen LogP contribution >= 0.6 is 11.6 Å². The van der Waals surface area contributed by atoms with Gasteiger partial charge >= 0.3 is 0 Å². The van der Waals surface area contributed by atoms with Crippen molar-refractivity contribution in [3.05, 3.63) is 34.9 Å². The highest BCUT2D eigenvalue weighted by Gasteiger charge is 2.24. The molecule has 0 nitrogen and oxygen atoms in total. The zero-order valence-electron chi connectivity index (χ0n) is 9.69. The number of hydrogen-bond acceptors (Lipinski definition) is 0. The van der Waals surface area contributed by atoms with Gasteiger partial charge < -0.3 is 0 Å². The van der Waals surface area contributed by atoms with Crippen LogP contribution in [0.2, 0.25) is 0 Å². The number of hydrogen-bond donors (Lipinski definition) is 0. The minimum absolute atomic E-state index is 0.0862. The van der Waals surface area contributed by atoms with Gasteiger partial charge in [-0.3, -0.25) is 0 Å². The number of aryl methyl sites for hydroxylation is 2. The first-order chi connectivity index (χ1) is 6.32. The first kappa shape index (κ1) is 11.6. The zero-order valence-corrected chi connectivity index (χ0v) is 10.4. The van der Waals surface area contributed by atoms with E-state index < -0.39 is 0 Å². The van der Waals surface area contributed by atoms with Crippen molar-refractivity contribution in [2.75, 3.05) is 0 Å². The Labute approximate surface area is 92.3 Å². The second-order valence-corrected chi connectivity index (χ2v) is 5.53. The summed E-state index contributed by atoms with van der Waals surface area (Å²) in [7, 11) is 0. The lowest BCUT2D eigenvalue weighted by Crippen LogP contribution is -2.14. The number of benzene rings is 1. The van der Waals surface area contributed by atoms with Crippen LogP contribution in [0.15, 0.2) is 18.2 Å². The molecule has 0 aliphatic carbocycles. The predicted octanol–water partition coefficient (Wildman–Crippen LogP) is 4.63. The Morgan fingerprint density at radius 1 is 1.14 bits per heavy atom. The molecule has 1 aromatic rings. The smallest absolute Gasteiger partial charge is 0.0636 e. The van der Waals surface area contributed by atoms with Crippen LogP contribution in [0.25, 0.3) is 0 Å². The van der Waals surface area contributed by atoms with Crippen molar-refractivity contribution in [1.82, 2.24) is 0 Å². The monoisotopic (exact) mass is 210 g/mol. The maximum Gasteiger partial charge on any atom is 0.0636 e. The van der Waals surface area contributed by atoms with E-state index in [2.05, 4.69) is 52.8 Å². The molecular weight excluding hydrogens is 192 g/mol.